The highest BCUT2D eigenvalue weighted by atomic mass is 32.2. The van der Waals surface area contributed by atoms with E-state index in [2.05, 4.69) is 49.7 Å². The van der Waals surface area contributed by atoms with Gasteiger partial charge in [-0.25, -0.2) is 0 Å². The molecule has 1 unspecified atom stereocenters. The minimum Gasteiger partial charge on any atom is -0.312 e. The average molecular weight is 273 g/mol. The van der Waals surface area contributed by atoms with Crippen LogP contribution < -0.4 is 5.32 Å². The molecule has 3 heteroatoms. The third kappa shape index (κ3) is 8.39. The van der Waals surface area contributed by atoms with E-state index in [1.165, 1.54) is 57.6 Å². The smallest absolute Gasteiger partial charge is 0.0147 e. The van der Waals surface area contributed by atoms with Crippen molar-refractivity contribution < 1.29 is 0 Å². The number of hydrogen-bond donors (Lipinski definition) is 1. The topological polar surface area (TPSA) is 15.3 Å². The highest BCUT2D eigenvalue weighted by Crippen LogP contribution is 2.18. The SMILES string of the molecule is CC1CN(CCCCCCNC(C)(C)C)CCS1. The maximum atomic E-state index is 3.55. The first-order valence-corrected chi connectivity index (χ1v) is 8.61. The standard InChI is InChI=1S/C15H32N2S/c1-14-13-17(11-12-18-14)10-8-6-5-7-9-16-15(2,3)4/h14,16H,5-13H2,1-4H3. The largest absolute Gasteiger partial charge is 0.312 e. The van der Waals surface area contributed by atoms with Crippen LogP contribution in [0.25, 0.3) is 0 Å². The molecule has 18 heavy (non-hydrogen) atoms. The normalized spacial score (nSPS) is 22.3. The molecule has 1 atom stereocenters. The van der Waals surface area contributed by atoms with Crippen molar-refractivity contribution in [3.05, 3.63) is 0 Å². The monoisotopic (exact) mass is 272 g/mol. The van der Waals surface area contributed by atoms with E-state index in [-0.39, 0.29) is 5.54 Å². The van der Waals surface area contributed by atoms with Crippen LogP contribution in [0.15, 0.2) is 0 Å². The summed E-state index contributed by atoms with van der Waals surface area (Å²) in [5, 5.41) is 4.40. The summed E-state index contributed by atoms with van der Waals surface area (Å²) in [6.45, 7) is 14.2. The van der Waals surface area contributed by atoms with Crippen LogP contribution in [0, 0.1) is 0 Å². The van der Waals surface area contributed by atoms with Crippen LogP contribution in [0.1, 0.15) is 53.4 Å². The van der Waals surface area contributed by atoms with Crippen LogP contribution in [0.3, 0.4) is 0 Å². The minimum absolute atomic E-state index is 0.279. The molecule has 2 nitrogen and oxygen atoms in total. The summed E-state index contributed by atoms with van der Waals surface area (Å²) in [5.41, 5.74) is 0.279. The van der Waals surface area contributed by atoms with Crippen LogP contribution in [0.4, 0.5) is 0 Å². The Morgan fingerprint density at radius 3 is 2.56 bits per heavy atom. The Labute approximate surface area is 118 Å². The Bertz CT molecular complexity index is 213. The molecule has 0 spiro atoms. The molecule has 1 fully saturated rings. The van der Waals surface area contributed by atoms with Gasteiger partial charge in [0.15, 0.2) is 0 Å². The average Bonchev–Trinajstić information content (AvgIpc) is 2.26. The second-order valence-corrected chi connectivity index (χ2v) is 8.12. The summed E-state index contributed by atoms with van der Waals surface area (Å²) in [4.78, 5) is 2.65. The van der Waals surface area contributed by atoms with Gasteiger partial charge >= 0.3 is 0 Å². The summed E-state index contributed by atoms with van der Waals surface area (Å²) < 4.78 is 0. The van der Waals surface area contributed by atoms with Crippen molar-refractivity contribution in [2.24, 2.45) is 0 Å². The quantitative estimate of drug-likeness (QED) is 0.715. The van der Waals surface area contributed by atoms with Gasteiger partial charge in [-0.2, -0.15) is 11.8 Å². The lowest BCUT2D eigenvalue weighted by atomic mass is 10.1. The Morgan fingerprint density at radius 2 is 1.89 bits per heavy atom. The number of nitrogens with one attached hydrogen (secondary N) is 1. The van der Waals surface area contributed by atoms with E-state index in [1.54, 1.807) is 0 Å². The number of thioether (sulfide) groups is 1. The maximum absolute atomic E-state index is 3.55. The number of nitrogens with zero attached hydrogens (tertiary/aromatic N) is 1. The van der Waals surface area contributed by atoms with E-state index in [1.807, 2.05) is 0 Å². The van der Waals surface area contributed by atoms with Crippen molar-refractivity contribution in [1.82, 2.24) is 10.2 Å². The van der Waals surface area contributed by atoms with E-state index in [9.17, 15) is 0 Å². The molecule has 1 aliphatic heterocycles. The molecule has 1 aliphatic rings. The van der Waals surface area contributed by atoms with Crippen LogP contribution in [0.2, 0.25) is 0 Å². The van der Waals surface area contributed by atoms with Crippen molar-refractivity contribution in [2.75, 3.05) is 31.9 Å². The minimum atomic E-state index is 0.279. The van der Waals surface area contributed by atoms with Crippen molar-refractivity contribution >= 4 is 11.8 Å². The lowest BCUT2D eigenvalue weighted by molar-refractivity contribution is 0.278. The molecule has 1 saturated heterocycles. The first-order valence-electron chi connectivity index (χ1n) is 7.56. The van der Waals surface area contributed by atoms with E-state index < -0.39 is 0 Å². The Morgan fingerprint density at radius 1 is 1.17 bits per heavy atom. The van der Waals surface area contributed by atoms with E-state index in [0.717, 1.165) is 5.25 Å². The zero-order valence-corrected chi connectivity index (χ0v) is 13.6. The van der Waals surface area contributed by atoms with Gasteiger partial charge in [0.05, 0.1) is 0 Å². The fourth-order valence-corrected chi connectivity index (χ4v) is 3.45. The number of rotatable bonds is 7. The van der Waals surface area contributed by atoms with E-state index in [0.29, 0.717) is 0 Å². The molecule has 0 aromatic rings. The highest BCUT2D eigenvalue weighted by molar-refractivity contribution is 7.99. The fraction of sp³-hybridized carbons (Fsp3) is 1.00. The molecule has 0 bridgehead atoms. The van der Waals surface area contributed by atoms with E-state index in [4.69, 9.17) is 0 Å². The Balaban J connectivity index is 1.89. The summed E-state index contributed by atoms with van der Waals surface area (Å²) in [6.07, 6.45) is 5.47. The van der Waals surface area contributed by atoms with Gasteiger partial charge in [0.1, 0.15) is 0 Å². The molecule has 0 amide bonds. The van der Waals surface area contributed by atoms with Crippen molar-refractivity contribution in [2.45, 2.75) is 64.2 Å². The predicted molar refractivity (Wildman–Crippen MR) is 84.6 cm³/mol. The van der Waals surface area contributed by atoms with E-state index >= 15 is 0 Å². The third-order valence-corrected chi connectivity index (χ3v) is 4.52. The summed E-state index contributed by atoms with van der Waals surface area (Å²) >= 11 is 2.12. The Kier molecular flexibility index (Phi) is 7.66. The Hall–Kier alpha value is 0.270. The highest BCUT2D eigenvalue weighted by Gasteiger charge is 2.15. The zero-order chi connectivity index (χ0) is 13.4. The molecule has 0 aromatic heterocycles. The second-order valence-electron chi connectivity index (χ2n) is 6.57. The van der Waals surface area contributed by atoms with Crippen LogP contribution in [0.5, 0.6) is 0 Å². The second kappa shape index (κ2) is 8.44. The summed E-state index contributed by atoms with van der Waals surface area (Å²) in [5.74, 6) is 1.33. The molecule has 0 aliphatic carbocycles. The molecular formula is C15H32N2S. The fourth-order valence-electron chi connectivity index (χ4n) is 2.37. The van der Waals surface area contributed by atoms with Gasteiger partial charge in [-0.3, -0.25) is 0 Å². The molecule has 108 valence electrons. The predicted octanol–water partition coefficient (Wildman–Crippen LogP) is 3.37. The first kappa shape index (κ1) is 16.3. The van der Waals surface area contributed by atoms with Gasteiger partial charge in [0, 0.05) is 29.6 Å². The molecule has 0 saturated carbocycles. The number of unbranched alkanes of at least 4 members (excludes halogenated alkanes) is 3. The maximum Gasteiger partial charge on any atom is 0.0147 e. The zero-order valence-electron chi connectivity index (χ0n) is 12.8. The van der Waals surface area contributed by atoms with Gasteiger partial charge in [-0.05, 0) is 46.7 Å². The van der Waals surface area contributed by atoms with Crippen LogP contribution in [-0.2, 0) is 0 Å². The van der Waals surface area contributed by atoms with Gasteiger partial charge in [-0.1, -0.05) is 19.8 Å². The van der Waals surface area contributed by atoms with Crippen LogP contribution in [-0.4, -0.2) is 47.6 Å². The van der Waals surface area contributed by atoms with Gasteiger partial charge < -0.3 is 10.2 Å². The van der Waals surface area contributed by atoms with Gasteiger partial charge in [-0.15, -0.1) is 0 Å². The third-order valence-electron chi connectivity index (χ3n) is 3.38. The molecule has 1 N–H and O–H groups in total. The van der Waals surface area contributed by atoms with Crippen molar-refractivity contribution in [3.63, 3.8) is 0 Å². The number of hydrogen-bond acceptors (Lipinski definition) is 3. The summed E-state index contributed by atoms with van der Waals surface area (Å²) in [7, 11) is 0. The molecule has 1 rings (SSSR count). The summed E-state index contributed by atoms with van der Waals surface area (Å²) in [6, 6.07) is 0. The first-order chi connectivity index (χ1) is 8.47. The molecule has 0 aromatic carbocycles. The van der Waals surface area contributed by atoms with Crippen molar-refractivity contribution in [1.29, 1.82) is 0 Å². The lowest BCUT2D eigenvalue weighted by Gasteiger charge is -2.30. The van der Waals surface area contributed by atoms with Crippen LogP contribution >= 0.6 is 11.8 Å². The molecule has 0 radical (unpaired) electrons. The molecule has 1 heterocycles. The van der Waals surface area contributed by atoms with Crippen molar-refractivity contribution in [3.8, 4) is 0 Å². The molecular weight excluding hydrogens is 240 g/mol. The van der Waals surface area contributed by atoms with Gasteiger partial charge in [0.25, 0.3) is 0 Å². The van der Waals surface area contributed by atoms with Gasteiger partial charge in [0.2, 0.25) is 0 Å². The lowest BCUT2D eigenvalue weighted by Crippen LogP contribution is -2.37.